The van der Waals surface area contributed by atoms with Crippen molar-refractivity contribution < 1.29 is 14.0 Å². The molecule has 0 spiro atoms. The molecule has 1 aromatic heterocycles. The number of rotatable bonds is 5. The number of fused-ring (bicyclic) bond motifs is 1. The molecule has 2 amide bonds. The zero-order valence-electron chi connectivity index (χ0n) is 15.6. The Morgan fingerprint density at radius 1 is 1.07 bits per heavy atom. The normalized spacial score (nSPS) is 12.3. The van der Waals surface area contributed by atoms with E-state index in [1.54, 1.807) is 18.2 Å². The van der Waals surface area contributed by atoms with Crippen molar-refractivity contribution in [3.05, 3.63) is 71.5 Å². The standard InChI is InChI=1S/C22H22N2O3/c1-14-19-6-4-5-7-20(19)27-22(14)15(2)23-21(26)13-10-17-8-11-18(12-9-17)24-16(3)25/h4-13,15H,1-3H3,(H,23,26)(H,24,25)/b13-10+. The summed E-state index contributed by atoms with van der Waals surface area (Å²) < 4.78 is 5.90. The fourth-order valence-corrected chi connectivity index (χ4v) is 2.99. The predicted molar refractivity (Wildman–Crippen MR) is 107 cm³/mol. The number of benzene rings is 2. The molecule has 3 aromatic rings. The number of anilines is 1. The molecule has 0 saturated carbocycles. The van der Waals surface area contributed by atoms with Crippen molar-refractivity contribution in [1.82, 2.24) is 5.32 Å². The zero-order valence-corrected chi connectivity index (χ0v) is 15.6. The Labute approximate surface area is 158 Å². The van der Waals surface area contributed by atoms with Gasteiger partial charge in [0, 0.05) is 29.6 Å². The van der Waals surface area contributed by atoms with E-state index >= 15 is 0 Å². The quantitative estimate of drug-likeness (QED) is 0.652. The molecule has 138 valence electrons. The van der Waals surface area contributed by atoms with Gasteiger partial charge in [0.2, 0.25) is 11.8 Å². The largest absolute Gasteiger partial charge is 0.459 e. The Hall–Kier alpha value is -3.34. The summed E-state index contributed by atoms with van der Waals surface area (Å²) >= 11 is 0. The summed E-state index contributed by atoms with van der Waals surface area (Å²) in [5.74, 6) is 0.443. The van der Waals surface area contributed by atoms with Crippen LogP contribution in [0.4, 0.5) is 5.69 Å². The van der Waals surface area contributed by atoms with Crippen LogP contribution in [0.15, 0.2) is 59.0 Å². The molecule has 1 atom stereocenters. The lowest BCUT2D eigenvalue weighted by Gasteiger charge is -2.10. The van der Waals surface area contributed by atoms with Crippen LogP contribution in [0.5, 0.6) is 0 Å². The van der Waals surface area contributed by atoms with Gasteiger partial charge in [-0.1, -0.05) is 30.3 Å². The number of carbonyl (C=O) groups is 2. The fourth-order valence-electron chi connectivity index (χ4n) is 2.99. The van der Waals surface area contributed by atoms with Crippen LogP contribution in [0.2, 0.25) is 0 Å². The van der Waals surface area contributed by atoms with Gasteiger partial charge in [-0.05, 0) is 43.7 Å². The molecule has 0 aliphatic heterocycles. The third-order valence-corrected chi connectivity index (χ3v) is 4.29. The summed E-state index contributed by atoms with van der Waals surface area (Å²) in [4.78, 5) is 23.3. The summed E-state index contributed by atoms with van der Waals surface area (Å²) in [6.45, 7) is 5.36. The topological polar surface area (TPSA) is 71.3 Å². The SMILES string of the molecule is CC(=O)Nc1ccc(/C=C/C(=O)NC(C)c2oc3ccccc3c2C)cc1. The van der Waals surface area contributed by atoms with Crippen molar-refractivity contribution in [2.75, 3.05) is 5.32 Å². The van der Waals surface area contributed by atoms with Gasteiger partial charge in [0.25, 0.3) is 0 Å². The van der Waals surface area contributed by atoms with Crippen LogP contribution < -0.4 is 10.6 Å². The maximum absolute atomic E-state index is 12.2. The van der Waals surface area contributed by atoms with Gasteiger partial charge in [0.1, 0.15) is 11.3 Å². The smallest absolute Gasteiger partial charge is 0.244 e. The third-order valence-electron chi connectivity index (χ3n) is 4.29. The van der Waals surface area contributed by atoms with Gasteiger partial charge in [0.05, 0.1) is 6.04 Å². The summed E-state index contributed by atoms with van der Waals surface area (Å²) in [7, 11) is 0. The van der Waals surface area contributed by atoms with E-state index in [9.17, 15) is 9.59 Å². The lowest BCUT2D eigenvalue weighted by molar-refractivity contribution is -0.117. The van der Waals surface area contributed by atoms with E-state index in [0.29, 0.717) is 0 Å². The molecule has 0 fully saturated rings. The first kappa shape index (κ1) is 18.5. The van der Waals surface area contributed by atoms with Crippen molar-refractivity contribution >= 4 is 34.5 Å². The van der Waals surface area contributed by atoms with E-state index in [1.165, 1.54) is 13.0 Å². The third kappa shape index (κ3) is 4.44. The average Bonchev–Trinajstić information content (AvgIpc) is 2.98. The van der Waals surface area contributed by atoms with Crippen molar-refractivity contribution in [1.29, 1.82) is 0 Å². The average molecular weight is 362 g/mol. The highest BCUT2D eigenvalue weighted by atomic mass is 16.3. The number of hydrogen-bond donors (Lipinski definition) is 2. The second-order valence-corrected chi connectivity index (χ2v) is 6.45. The monoisotopic (exact) mass is 362 g/mol. The Balaban J connectivity index is 1.65. The maximum Gasteiger partial charge on any atom is 0.244 e. The zero-order chi connectivity index (χ0) is 19.4. The van der Waals surface area contributed by atoms with Gasteiger partial charge in [-0.2, -0.15) is 0 Å². The molecule has 27 heavy (non-hydrogen) atoms. The van der Waals surface area contributed by atoms with Crippen LogP contribution >= 0.6 is 0 Å². The molecule has 2 aromatic carbocycles. The Bertz CT molecular complexity index is 1000. The van der Waals surface area contributed by atoms with E-state index in [4.69, 9.17) is 4.42 Å². The fraction of sp³-hybridized carbons (Fsp3) is 0.182. The minimum Gasteiger partial charge on any atom is -0.459 e. The van der Waals surface area contributed by atoms with Crippen molar-refractivity contribution in [2.24, 2.45) is 0 Å². The second kappa shape index (κ2) is 7.91. The van der Waals surface area contributed by atoms with Crippen molar-refractivity contribution in [3.63, 3.8) is 0 Å². The molecule has 0 saturated heterocycles. The van der Waals surface area contributed by atoms with Gasteiger partial charge in [-0.15, -0.1) is 0 Å². The first-order valence-corrected chi connectivity index (χ1v) is 8.78. The summed E-state index contributed by atoms with van der Waals surface area (Å²) in [6, 6.07) is 14.8. The van der Waals surface area contributed by atoms with E-state index in [-0.39, 0.29) is 17.9 Å². The van der Waals surface area contributed by atoms with Crippen LogP contribution in [-0.4, -0.2) is 11.8 Å². The minimum atomic E-state index is -0.239. The number of nitrogens with one attached hydrogen (secondary N) is 2. The summed E-state index contributed by atoms with van der Waals surface area (Å²) in [5, 5.41) is 6.69. The Morgan fingerprint density at radius 3 is 2.44 bits per heavy atom. The molecule has 0 aliphatic rings. The first-order chi connectivity index (χ1) is 12.9. The molecular formula is C22H22N2O3. The van der Waals surface area contributed by atoms with Crippen molar-refractivity contribution in [3.8, 4) is 0 Å². The minimum absolute atomic E-state index is 0.118. The van der Waals surface area contributed by atoms with Gasteiger partial charge >= 0.3 is 0 Å². The molecule has 0 bridgehead atoms. The Kier molecular flexibility index (Phi) is 5.41. The molecule has 1 heterocycles. The summed E-state index contributed by atoms with van der Waals surface area (Å²) in [6.07, 6.45) is 3.22. The van der Waals surface area contributed by atoms with Crippen LogP contribution in [0.3, 0.4) is 0 Å². The molecule has 2 N–H and O–H groups in total. The van der Waals surface area contributed by atoms with Gasteiger partial charge in [-0.25, -0.2) is 0 Å². The van der Waals surface area contributed by atoms with Gasteiger partial charge in [0.15, 0.2) is 0 Å². The lowest BCUT2D eigenvalue weighted by atomic mass is 10.1. The molecular weight excluding hydrogens is 340 g/mol. The lowest BCUT2D eigenvalue weighted by Crippen LogP contribution is -2.24. The van der Waals surface area contributed by atoms with Crippen LogP contribution in [0.1, 0.15) is 36.8 Å². The second-order valence-electron chi connectivity index (χ2n) is 6.45. The number of para-hydroxylation sites is 1. The number of aryl methyl sites for hydroxylation is 1. The highest BCUT2D eigenvalue weighted by Crippen LogP contribution is 2.29. The van der Waals surface area contributed by atoms with Crippen LogP contribution in [0, 0.1) is 6.92 Å². The van der Waals surface area contributed by atoms with E-state index in [0.717, 1.165) is 33.5 Å². The van der Waals surface area contributed by atoms with Crippen LogP contribution in [-0.2, 0) is 9.59 Å². The molecule has 5 nitrogen and oxygen atoms in total. The maximum atomic E-state index is 12.2. The van der Waals surface area contributed by atoms with E-state index in [2.05, 4.69) is 10.6 Å². The Morgan fingerprint density at radius 2 is 1.78 bits per heavy atom. The van der Waals surface area contributed by atoms with Gasteiger partial charge in [-0.3, -0.25) is 9.59 Å². The summed E-state index contributed by atoms with van der Waals surface area (Å²) in [5.41, 5.74) is 3.45. The predicted octanol–water partition coefficient (Wildman–Crippen LogP) is 4.59. The first-order valence-electron chi connectivity index (χ1n) is 8.78. The van der Waals surface area contributed by atoms with E-state index in [1.807, 2.05) is 50.2 Å². The number of carbonyl (C=O) groups excluding carboxylic acids is 2. The molecule has 3 rings (SSSR count). The molecule has 5 heteroatoms. The number of hydrogen-bond acceptors (Lipinski definition) is 3. The van der Waals surface area contributed by atoms with Crippen molar-refractivity contribution in [2.45, 2.75) is 26.8 Å². The van der Waals surface area contributed by atoms with Gasteiger partial charge < -0.3 is 15.1 Å². The molecule has 1 unspecified atom stereocenters. The molecule has 0 radical (unpaired) electrons. The molecule has 0 aliphatic carbocycles. The van der Waals surface area contributed by atoms with Crippen LogP contribution in [0.25, 0.3) is 17.0 Å². The van der Waals surface area contributed by atoms with E-state index < -0.39 is 0 Å². The number of amides is 2. The highest BCUT2D eigenvalue weighted by molar-refractivity contribution is 5.92. The number of furan rings is 1. The highest BCUT2D eigenvalue weighted by Gasteiger charge is 2.17.